The zero-order chi connectivity index (χ0) is 12.6. The maximum atomic E-state index is 12.1. The van der Waals surface area contributed by atoms with E-state index < -0.39 is 5.60 Å². The average molecular weight is 245 g/mol. The van der Waals surface area contributed by atoms with E-state index in [1.807, 2.05) is 24.4 Å². The first-order valence-corrected chi connectivity index (χ1v) is 5.95. The van der Waals surface area contributed by atoms with Crippen LogP contribution in [0.25, 0.3) is 10.9 Å². The van der Waals surface area contributed by atoms with Crippen molar-refractivity contribution >= 4 is 16.8 Å². The van der Waals surface area contributed by atoms with Gasteiger partial charge in [0, 0.05) is 31.2 Å². The molecule has 0 radical (unpaired) electrons. The molecular formula is C13H15N3O2. The lowest BCUT2D eigenvalue weighted by Gasteiger charge is -2.37. The fourth-order valence-corrected chi connectivity index (χ4v) is 2.15. The lowest BCUT2D eigenvalue weighted by Crippen LogP contribution is -2.64. The van der Waals surface area contributed by atoms with Gasteiger partial charge >= 0.3 is 0 Å². The molecule has 1 saturated heterocycles. The van der Waals surface area contributed by atoms with E-state index in [4.69, 9.17) is 0 Å². The molecule has 1 aliphatic heterocycles. The van der Waals surface area contributed by atoms with Gasteiger partial charge in [-0.1, -0.05) is 12.1 Å². The Morgan fingerprint density at radius 3 is 2.94 bits per heavy atom. The molecular weight excluding hydrogens is 230 g/mol. The number of H-pyrrole nitrogens is 1. The Kier molecular flexibility index (Phi) is 2.57. The SMILES string of the molecule is O=C(NCC1(O)CNC1)c1cccc2cc[nH]c12. The Morgan fingerprint density at radius 2 is 2.22 bits per heavy atom. The second kappa shape index (κ2) is 4.12. The number of nitrogens with one attached hydrogen (secondary N) is 3. The van der Waals surface area contributed by atoms with Crippen molar-refractivity contribution in [2.45, 2.75) is 5.60 Å². The zero-order valence-electron chi connectivity index (χ0n) is 9.86. The fraction of sp³-hybridized carbons (Fsp3) is 0.308. The molecule has 3 rings (SSSR count). The molecule has 0 spiro atoms. The number of aromatic nitrogens is 1. The number of hydrogen-bond donors (Lipinski definition) is 4. The molecule has 1 aromatic heterocycles. The molecule has 0 unspecified atom stereocenters. The first-order valence-electron chi connectivity index (χ1n) is 5.95. The van der Waals surface area contributed by atoms with Crippen LogP contribution in [0.5, 0.6) is 0 Å². The van der Waals surface area contributed by atoms with Gasteiger partial charge in [-0.2, -0.15) is 0 Å². The van der Waals surface area contributed by atoms with E-state index in [0.717, 1.165) is 10.9 Å². The number of hydrogen-bond acceptors (Lipinski definition) is 3. The molecule has 4 N–H and O–H groups in total. The Balaban J connectivity index is 1.77. The highest BCUT2D eigenvalue weighted by Crippen LogP contribution is 2.17. The molecule has 0 saturated carbocycles. The van der Waals surface area contributed by atoms with E-state index in [2.05, 4.69) is 15.6 Å². The topological polar surface area (TPSA) is 77.2 Å². The van der Waals surface area contributed by atoms with Crippen molar-refractivity contribution in [2.24, 2.45) is 0 Å². The van der Waals surface area contributed by atoms with E-state index in [1.54, 1.807) is 6.07 Å². The molecule has 1 fully saturated rings. The highest BCUT2D eigenvalue weighted by Gasteiger charge is 2.34. The first-order chi connectivity index (χ1) is 8.68. The summed E-state index contributed by atoms with van der Waals surface area (Å²) in [6, 6.07) is 7.50. The van der Waals surface area contributed by atoms with E-state index in [1.165, 1.54) is 0 Å². The van der Waals surface area contributed by atoms with Crippen molar-refractivity contribution in [3.05, 3.63) is 36.0 Å². The molecule has 0 atom stereocenters. The van der Waals surface area contributed by atoms with Crippen molar-refractivity contribution in [2.75, 3.05) is 19.6 Å². The summed E-state index contributed by atoms with van der Waals surface area (Å²) in [7, 11) is 0. The van der Waals surface area contributed by atoms with Gasteiger partial charge in [-0.3, -0.25) is 4.79 Å². The van der Waals surface area contributed by atoms with Gasteiger partial charge in [0.25, 0.3) is 5.91 Å². The molecule has 18 heavy (non-hydrogen) atoms. The van der Waals surface area contributed by atoms with Crippen LogP contribution in [-0.4, -0.2) is 41.2 Å². The third-order valence-electron chi connectivity index (χ3n) is 3.32. The number of benzene rings is 1. The number of fused-ring (bicyclic) bond motifs is 1. The fourth-order valence-electron chi connectivity index (χ4n) is 2.15. The summed E-state index contributed by atoms with van der Waals surface area (Å²) < 4.78 is 0. The summed E-state index contributed by atoms with van der Waals surface area (Å²) >= 11 is 0. The van der Waals surface area contributed by atoms with Gasteiger partial charge in [0.2, 0.25) is 0 Å². The Bertz CT molecular complexity index is 587. The van der Waals surface area contributed by atoms with Gasteiger partial charge in [-0.05, 0) is 12.1 Å². The first kappa shape index (κ1) is 11.3. The maximum Gasteiger partial charge on any atom is 0.253 e. The average Bonchev–Trinajstić information content (AvgIpc) is 2.81. The second-order valence-corrected chi connectivity index (χ2v) is 4.76. The number of aliphatic hydroxyl groups is 1. The van der Waals surface area contributed by atoms with Crippen molar-refractivity contribution < 1.29 is 9.90 Å². The molecule has 5 nitrogen and oxygen atoms in total. The van der Waals surface area contributed by atoms with Gasteiger partial charge in [0.1, 0.15) is 5.60 Å². The number of β-amino-alcohol motifs (C(OH)–C–C–N with tert-alkyl or cyclic N) is 1. The predicted molar refractivity (Wildman–Crippen MR) is 68.5 cm³/mol. The minimum Gasteiger partial charge on any atom is -0.385 e. The third kappa shape index (κ3) is 1.87. The lowest BCUT2D eigenvalue weighted by atomic mass is 9.97. The quantitative estimate of drug-likeness (QED) is 0.625. The highest BCUT2D eigenvalue weighted by molar-refractivity contribution is 6.05. The molecule has 1 aliphatic rings. The van der Waals surface area contributed by atoms with E-state index >= 15 is 0 Å². The minimum atomic E-state index is -0.792. The number of amides is 1. The van der Waals surface area contributed by atoms with Gasteiger partial charge in [-0.15, -0.1) is 0 Å². The van der Waals surface area contributed by atoms with E-state index in [-0.39, 0.29) is 12.5 Å². The van der Waals surface area contributed by atoms with Crippen molar-refractivity contribution in [1.82, 2.24) is 15.6 Å². The lowest BCUT2D eigenvalue weighted by molar-refractivity contribution is -0.00758. The van der Waals surface area contributed by atoms with Gasteiger partial charge in [0.05, 0.1) is 11.1 Å². The van der Waals surface area contributed by atoms with Crippen LogP contribution < -0.4 is 10.6 Å². The van der Waals surface area contributed by atoms with Crippen LogP contribution >= 0.6 is 0 Å². The standard InChI is InChI=1S/C13H15N3O2/c17-12(16-8-13(18)6-14-7-13)10-3-1-2-9-4-5-15-11(9)10/h1-5,14-15,18H,6-8H2,(H,16,17). The van der Waals surface area contributed by atoms with Crippen molar-refractivity contribution in [3.63, 3.8) is 0 Å². The van der Waals surface area contributed by atoms with Crippen LogP contribution in [0.1, 0.15) is 10.4 Å². The number of para-hydroxylation sites is 1. The van der Waals surface area contributed by atoms with Crippen LogP contribution in [-0.2, 0) is 0 Å². The minimum absolute atomic E-state index is 0.164. The summed E-state index contributed by atoms with van der Waals surface area (Å²) in [5.41, 5.74) is 0.640. The number of carbonyl (C=O) groups excluding carboxylic acids is 1. The van der Waals surface area contributed by atoms with Crippen molar-refractivity contribution in [3.8, 4) is 0 Å². The number of rotatable bonds is 3. The van der Waals surface area contributed by atoms with E-state index in [9.17, 15) is 9.90 Å². The molecule has 1 aromatic carbocycles. The monoisotopic (exact) mass is 245 g/mol. The largest absolute Gasteiger partial charge is 0.385 e. The summed E-state index contributed by atoms with van der Waals surface area (Å²) in [5.74, 6) is -0.164. The Morgan fingerprint density at radius 1 is 1.39 bits per heavy atom. The smallest absolute Gasteiger partial charge is 0.253 e. The summed E-state index contributed by atoms with van der Waals surface area (Å²) in [4.78, 5) is 15.1. The Labute approximate surface area is 104 Å². The van der Waals surface area contributed by atoms with Crippen LogP contribution in [0.3, 0.4) is 0 Å². The molecule has 1 amide bonds. The summed E-state index contributed by atoms with van der Waals surface area (Å²) in [6.07, 6.45) is 1.81. The molecule has 2 aromatic rings. The normalized spacial score (nSPS) is 17.4. The second-order valence-electron chi connectivity index (χ2n) is 4.76. The van der Waals surface area contributed by atoms with Crippen LogP contribution in [0, 0.1) is 0 Å². The molecule has 2 heterocycles. The van der Waals surface area contributed by atoms with Crippen LogP contribution in [0.4, 0.5) is 0 Å². The van der Waals surface area contributed by atoms with Crippen LogP contribution in [0.2, 0.25) is 0 Å². The van der Waals surface area contributed by atoms with Crippen LogP contribution in [0.15, 0.2) is 30.5 Å². The van der Waals surface area contributed by atoms with Gasteiger partial charge in [0.15, 0.2) is 0 Å². The summed E-state index contributed by atoms with van der Waals surface area (Å²) in [5, 5.41) is 16.7. The molecule has 5 heteroatoms. The zero-order valence-corrected chi connectivity index (χ0v) is 9.86. The van der Waals surface area contributed by atoms with Gasteiger partial charge < -0.3 is 20.7 Å². The number of carbonyl (C=O) groups is 1. The van der Waals surface area contributed by atoms with Crippen molar-refractivity contribution in [1.29, 1.82) is 0 Å². The molecule has 0 aliphatic carbocycles. The van der Waals surface area contributed by atoms with Gasteiger partial charge in [-0.25, -0.2) is 0 Å². The van der Waals surface area contributed by atoms with E-state index in [0.29, 0.717) is 18.7 Å². The maximum absolute atomic E-state index is 12.1. The molecule has 94 valence electrons. The molecule has 0 bridgehead atoms. The Hall–Kier alpha value is -1.85. The highest BCUT2D eigenvalue weighted by atomic mass is 16.3. The summed E-state index contributed by atoms with van der Waals surface area (Å²) in [6.45, 7) is 1.33. The predicted octanol–water partition coefficient (Wildman–Crippen LogP) is 0.232. The number of aromatic amines is 1. The third-order valence-corrected chi connectivity index (χ3v) is 3.32.